The standard InChI is InChI=1S/C17H12N2O3/c1-21-12-6-4-11(5-7-12)14-15(17(14,9-18)10-19)16(20)13-3-2-8-22-13/h2-8,14-15H,1H3/t14-,15+/m0/s1. The third-order valence-corrected chi connectivity index (χ3v) is 4.10. The third-order valence-electron chi connectivity index (χ3n) is 4.10. The van der Waals surface area contributed by atoms with Crippen molar-refractivity contribution in [1.29, 1.82) is 10.5 Å². The van der Waals surface area contributed by atoms with Gasteiger partial charge in [-0.2, -0.15) is 10.5 Å². The Morgan fingerprint density at radius 3 is 2.41 bits per heavy atom. The van der Waals surface area contributed by atoms with E-state index in [4.69, 9.17) is 9.15 Å². The first-order valence-corrected chi connectivity index (χ1v) is 6.72. The van der Waals surface area contributed by atoms with E-state index in [9.17, 15) is 15.3 Å². The average molecular weight is 292 g/mol. The Hall–Kier alpha value is -3.05. The van der Waals surface area contributed by atoms with E-state index in [1.165, 1.54) is 6.26 Å². The van der Waals surface area contributed by atoms with Crippen molar-refractivity contribution in [2.45, 2.75) is 5.92 Å². The fourth-order valence-corrected chi connectivity index (χ4v) is 2.89. The summed E-state index contributed by atoms with van der Waals surface area (Å²) in [5.41, 5.74) is -0.563. The number of benzene rings is 1. The number of hydrogen-bond acceptors (Lipinski definition) is 5. The van der Waals surface area contributed by atoms with Gasteiger partial charge >= 0.3 is 0 Å². The minimum atomic E-state index is -1.33. The van der Waals surface area contributed by atoms with Crippen molar-refractivity contribution < 1.29 is 13.9 Å². The van der Waals surface area contributed by atoms with Gasteiger partial charge in [0.15, 0.2) is 11.2 Å². The highest BCUT2D eigenvalue weighted by Gasteiger charge is 2.71. The second kappa shape index (κ2) is 5.05. The highest BCUT2D eigenvalue weighted by atomic mass is 16.5. The van der Waals surface area contributed by atoms with Gasteiger partial charge in [0.2, 0.25) is 5.78 Å². The molecule has 0 spiro atoms. The van der Waals surface area contributed by atoms with Crippen LogP contribution in [0.2, 0.25) is 0 Å². The number of hydrogen-bond donors (Lipinski definition) is 0. The maximum absolute atomic E-state index is 12.5. The topological polar surface area (TPSA) is 87.0 Å². The van der Waals surface area contributed by atoms with E-state index in [0.29, 0.717) is 5.75 Å². The Balaban J connectivity index is 1.97. The normalized spacial score (nSPS) is 21.4. The van der Waals surface area contributed by atoms with Gasteiger partial charge < -0.3 is 9.15 Å². The van der Waals surface area contributed by atoms with Gasteiger partial charge in [-0.25, -0.2) is 0 Å². The number of furan rings is 1. The first-order chi connectivity index (χ1) is 10.7. The van der Waals surface area contributed by atoms with Crippen LogP contribution in [-0.2, 0) is 0 Å². The summed E-state index contributed by atoms with van der Waals surface area (Å²) >= 11 is 0. The second-order valence-electron chi connectivity index (χ2n) is 5.16. The number of nitriles is 2. The third kappa shape index (κ3) is 1.88. The Bertz CT molecular complexity index is 765. The summed E-state index contributed by atoms with van der Waals surface area (Å²) in [5, 5.41) is 18.9. The minimum Gasteiger partial charge on any atom is -0.497 e. The molecule has 0 unspecified atom stereocenters. The summed E-state index contributed by atoms with van der Waals surface area (Å²) in [5.74, 6) is -0.615. The molecule has 5 heteroatoms. The Morgan fingerprint density at radius 1 is 1.23 bits per heavy atom. The predicted molar refractivity (Wildman–Crippen MR) is 75.9 cm³/mol. The zero-order chi connectivity index (χ0) is 15.7. The number of nitrogens with zero attached hydrogens (tertiary/aromatic N) is 2. The van der Waals surface area contributed by atoms with Crippen LogP contribution in [0, 0.1) is 34.0 Å². The molecule has 22 heavy (non-hydrogen) atoms. The number of Topliss-reactive ketones (excluding diaryl/α,β-unsaturated/α-hetero) is 1. The number of ether oxygens (including phenoxy) is 1. The van der Waals surface area contributed by atoms with Crippen LogP contribution in [0.15, 0.2) is 47.1 Å². The zero-order valence-corrected chi connectivity index (χ0v) is 11.8. The van der Waals surface area contributed by atoms with Gasteiger partial charge in [-0.3, -0.25) is 4.79 Å². The lowest BCUT2D eigenvalue weighted by molar-refractivity contribution is 0.0930. The molecule has 1 heterocycles. The van der Waals surface area contributed by atoms with Crippen molar-refractivity contribution in [2.75, 3.05) is 7.11 Å². The largest absolute Gasteiger partial charge is 0.497 e. The van der Waals surface area contributed by atoms with Crippen molar-refractivity contribution in [3.8, 4) is 17.9 Å². The van der Waals surface area contributed by atoms with Gasteiger partial charge in [0.25, 0.3) is 0 Å². The molecule has 0 saturated heterocycles. The maximum Gasteiger partial charge on any atom is 0.204 e. The van der Waals surface area contributed by atoms with E-state index >= 15 is 0 Å². The number of carbonyl (C=O) groups excluding carboxylic acids is 1. The Morgan fingerprint density at radius 2 is 1.91 bits per heavy atom. The van der Waals surface area contributed by atoms with Gasteiger partial charge in [-0.1, -0.05) is 12.1 Å². The van der Waals surface area contributed by atoms with Crippen molar-refractivity contribution >= 4 is 5.78 Å². The van der Waals surface area contributed by atoms with E-state index < -0.39 is 17.3 Å². The van der Waals surface area contributed by atoms with Crippen molar-refractivity contribution in [3.63, 3.8) is 0 Å². The van der Waals surface area contributed by atoms with Gasteiger partial charge in [-0.05, 0) is 29.8 Å². The highest BCUT2D eigenvalue weighted by Crippen LogP contribution is 2.65. The quantitative estimate of drug-likeness (QED) is 0.808. The predicted octanol–water partition coefficient (Wildman–Crippen LogP) is 2.92. The van der Waals surface area contributed by atoms with Crippen LogP contribution in [0.5, 0.6) is 5.75 Å². The molecule has 1 aromatic heterocycles. The van der Waals surface area contributed by atoms with Crippen molar-refractivity contribution in [2.24, 2.45) is 11.3 Å². The van der Waals surface area contributed by atoms with Crippen molar-refractivity contribution in [3.05, 3.63) is 54.0 Å². The van der Waals surface area contributed by atoms with Crippen LogP contribution in [-0.4, -0.2) is 12.9 Å². The molecule has 2 atom stereocenters. The van der Waals surface area contributed by atoms with E-state index in [0.717, 1.165) is 5.56 Å². The SMILES string of the molecule is COc1ccc([C@H]2[C@H](C(=O)c3ccco3)C2(C#N)C#N)cc1. The molecule has 0 radical (unpaired) electrons. The lowest BCUT2D eigenvalue weighted by atomic mass is 10.0. The average Bonchev–Trinajstić information content (AvgIpc) is 2.92. The summed E-state index contributed by atoms with van der Waals surface area (Å²) < 4.78 is 10.2. The molecule has 2 aromatic rings. The molecular weight excluding hydrogens is 280 g/mol. The summed E-state index contributed by atoms with van der Waals surface area (Å²) in [6, 6.07) is 14.3. The first kappa shape index (κ1) is 13.9. The van der Waals surface area contributed by atoms with Crippen LogP contribution in [0.4, 0.5) is 0 Å². The Labute approximate surface area is 127 Å². The molecule has 1 aliphatic rings. The van der Waals surface area contributed by atoms with E-state index in [1.54, 1.807) is 43.5 Å². The van der Waals surface area contributed by atoms with Gasteiger partial charge in [-0.15, -0.1) is 0 Å². The molecular formula is C17H12N2O3. The van der Waals surface area contributed by atoms with Crippen LogP contribution in [0.25, 0.3) is 0 Å². The van der Waals surface area contributed by atoms with Crippen LogP contribution in [0.1, 0.15) is 22.0 Å². The Kier molecular flexibility index (Phi) is 3.19. The number of methoxy groups -OCH3 is 1. The minimum absolute atomic E-state index is 0.177. The summed E-state index contributed by atoms with van der Waals surface area (Å²) in [6.07, 6.45) is 1.40. The summed E-state index contributed by atoms with van der Waals surface area (Å²) in [7, 11) is 1.56. The summed E-state index contributed by atoms with van der Waals surface area (Å²) in [6.45, 7) is 0. The number of rotatable bonds is 4. The van der Waals surface area contributed by atoms with Gasteiger partial charge in [0.1, 0.15) is 5.75 Å². The fraction of sp³-hybridized carbons (Fsp3) is 0.235. The highest BCUT2D eigenvalue weighted by molar-refractivity contribution is 6.00. The number of carbonyl (C=O) groups is 1. The molecule has 1 saturated carbocycles. The van der Waals surface area contributed by atoms with E-state index in [-0.39, 0.29) is 11.5 Å². The number of ketones is 1. The van der Waals surface area contributed by atoms with Gasteiger partial charge in [0, 0.05) is 5.92 Å². The molecule has 1 fully saturated rings. The summed E-state index contributed by atoms with van der Waals surface area (Å²) in [4.78, 5) is 12.5. The maximum atomic E-state index is 12.5. The molecule has 0 N–H and O–H groups in total. The molecule has 3 rings (SSSR count). The van der Waals surface area contributed by atoms with Crippen LogP contribution in [0.3, 0.4) is 0 Å². The van der Waals surface area contributed by atoms with Crippen LogP contribution >= 0.6 is 0 Å². The van der Waals surface area contributed by atoms with Crippen LogP contribution < -0.4 is 4.74 Å². The van der Waals surface area contributed by atoms with Crippen molar-refractivity contribution in [1.82, 2.24) is 0 Å². The molecule has 108 valence electrons. The van der Waals surface area contributed by atoms with E-state index in [2.05, 4.69) is 0 Å². The first-order valence-electron chi connectivity index (χ1n) is 6.72. The van der Waals surface area contributed by atoms with E-state index in [1.807, 2.05) is 12.1 Å². The fourth-order valence-electron chi connectivity index (χ4n) is 2.89. The van der Waals surface area contributed by atoms with Gasteiger partial charge in [0.05, 0.1) is 31.4 Å². The smallest absolute Gasteiger partial charge is 0.204 e. The molecule has 1 aliphatic carbocycles. The zero-order valence-electron chi connectivity index (χ0n) is 11.8. The molecule has 0 bridgehead atoms. The monoisotopic (exact) mass is 292 g/mol. The molecule has 1 aromatic carbocycles. The molecule has 5 nitrogen and oxygen atoms in total. The second-order valence-corrected chi connectivity index (χ2v) is 5.16. The molecule has 0 aliphatic heterocycles. The lowest BCUT2D eigenvalue weighted by Gasteiger charge is -2.02. The molecule has 0 amide bonds. The lowest BCUT2D eigenvalue weighted by Crippen LogP contribution is -2.07.